The number of allylic oxidation sites excluding steroid dienone is 3. The van der Waals surface area contributed by atoms with Gasteiger partial charge in [-0.1, -0.05) is 24.3 Å². The van der Waals surface area contributed by atoms with E-state index in [9.17, 15) is 9.59 Å². The minimum atomic E-state index is -0.283. The molecule has 2 atom stereocenters. The molecule has 3 heteroatoms. The quantitative estimate of drug-likeness (QED) is 0.746. The van der Waals surface area contributed by atoms with Gasteiger partial charge in [-0.25, -0.2) is 0 Å². The molecule has 0 radical (unpaired) electrons. The Morgan fingerprint density at radius 3 is 2.09 bits per heavy atom. The molecule has 3 nitrogen and oxygen atoms in total. The maximum Gasteiger partial charge on any atom is 0.228 e. The van der Waals surface area contributed by atoms with Crippen LogP contribution in [0.1, 0.15) is 32.1 Å². The SMILES string of the molecule is O=C1NCC2(C(=O)C3C=CC=CC13)C1CC3CC(C1)CC2C3. The summed E-state index contributed by atoms with van der Waals surface area (Å²) in [4.78, 5) is 26.0. The van der Waals surface area contributed by atoms with Gasteiger partial charge >= 0.3 is 0 Å². The summed E-state index contributed by atoms with van der Waals surface area (Å²) in [6.45, 7) is 0.591. The third-order valence-corrected chi connectivity index (χ3v) is 7.35. The van der Waals surface area contributed by atoms with Crippen LogP contribution < -0.4 is 5.32 Å². The predicted octanol–water partition coefficient (Wildman–Crippen LogP) is 2.49. The van der Waals surface area contributed by atoms with Crippen molar-refractivity contribution in [3.8, 4) is 0 Å². The zero-order valence-corrected chi connectivity index (χ0v) is 12.8. The number of carbonyl (C=O) groups is 2. The maximum atomic E-state index is 13.6. The van der Waals surface area contributed by atoms with Gasteiger partial charge < -0.3 is 5.32 Å². The number of nitrogens with one attached hydrogen (secondary N) is 1. The maximum absolute atomic E-state index is 13.6. The first kappa shape index (κ1) is 13.1. The molecule has 6 aliphatic rings. The number of rotatable bonds is 0. The Morgan fingerprint density at radius 2 is 1.45 bits per heavy atom. The van der Waals surface area contributed by atoms with Gasteiger partial charge in [0.1, 0.15) is 5.78 Å². The van der Waals surface area contributed by atoms with Gasteiger partial charge in [0.15, 0.2) is 0 Å². The molecule has 0 aromatic rings. The summed E-state index contributed by atoms with van der Waals surface area (Å²) in [6.07, 6.45) is 14.0. The van der Waals surface area contributed by atoms with Gasteiger partial charge in [0, 0.05) is 6.54 Å². The number of carbonyl (C=O) groups excluding carboxylic acids is 2. The van der Waals surface area contributed by atoms with E-state index in [0.29, 0.717) is 24.2 Å². The van der Waals surface area contributed by atoms with E-state index < -0.39 is 0 Å². The van der Waals surface area contributed by atoms with Gasteiger partial charge in [-0.2, -0.15) is 0 Å². The van der Waals surface area contributed by atoms with E-state index in [0.717, 1.165) is 11.8 Å². The average Bonchev–Trinajstić information content (AvgIpc) is 2.63. The molecule has 4 saturated carbocycles. The standard InChI is InChI=1S/C19H23NO2/c21-17-15-3-1-2-4-16(15)18(22)20-10-19(17)13-6-11-5-12(8-13)9-14(19)7-11/h1-4,11-16H,5-10H2,(H,20,22). The minimum Gasteiger partial charge on any atom is -0.355 e. The van der Waals surface area contributed by atoms with Gasteiger partial charge in [-0.3, -0.25) is 9.59 Å². The zero-order chi connectivity index (χ0) is 14.9. The highest BCUT2D eigenvalue weighted by Crippen LogP contribution is 2.63. The van der Waals surface area contributed by atoms with Crippen LogP contribution in [0.15, 0.2) is 24.3 Å². The monoisotopic (exact) mass is 297 g/mol. The predicted molar refractivity (Wildman–Crippen MR) is 82.8 cm³/mol. The van der Waals surface area contributed by atoms with Crippen molar-refractivity contribution in [2.45, 2.75) is 32.1 Å². The van der Waals surface area contributed by atoms with Crippen molar-refractivity contribution in [2.24, 2.45) is 40.9 Å². The highest BCUT2D eigenvalue weighted by molar-refractivity contribution is 5.98. The molecular weight excluding hydrogens is 274 g/mol. The van der Waals surface area contributed by atoms with Crippen molar-refractivity contribution in [2.75, 3.05) is 6.54 Å². The molecule has 5 fully saturated rings. The fourth-order valence-electron chi connectivity index (χ4n) is 6.57. The molecule has 1 N–H and O–H groups in total. The second kappa shape index (κ2) is 4.33. The Kier molecular flexibility index (Phi) is 2.58. The first-order valence-electron chi connectivity index (χ1n) is 8.85. The molecule has 4 bridgehead atoms. The van der Waals surface area contributed by atoms with Crippen LogP contribution in [0.25, 0.3) is 0 Å². The van der Waals surface area contributed by atoms with Gasteiger partial charge in [0.2, 0.25) is 5.91 Å². The van der Waals surface area contributed by atoms with Crippen LogP contribution in [0.3, 0.4) is 0 Å². The topological polar surface area (TPSA) is 46.2 Å². The molecule has 1 spiro atoms. The summed E-state index contributed by atoms with van der Waals surface area (Å²) in [5.74, 6) is 2.60. The van der Waals surface area contributed by atoms with Gasteiger partial charge in [-0.15, -0.1) is 0 Å². The Morgan fingerprint density at radius 1 is 0.864 bits per heavy atom. The van der Waals surface area contributed by atoms with Gasteiger partial charge in [-0.05, 0) is 55.8 Å². The highest BCUT2D eigenvalue weighted by Gasteiger charge is 2.62. The van der Waals surface area contributed by atoms with Crippen LogP contribution in [-0.2, 0) is 9.59 Å². The first-order valence-corrected chi connectivity index (χ1v) is 8.85. The van der Waals surface area contributed by atoms with Crippen molar-refractivity contribution < 1.29 is 9.59 Å². The molecule has 2 unspecified atom stereocenters. The molecule has 1 saturated heterocycles. The summed E-state index contributed by atoms with van der Waals surface area (Å²) in [6, 6.07) is 0. The summed E-state index contributed by atoms with van der Waals surface area (Å²) in [7, 11) is 0. The van der Waals surface area contributed by atoms with E-state index in [-0.39, 0.29) is 23.2 Å². The largest absolute Gasteiger partial charge is 0.355 e. The molecule has 0 aromatic carbocycles. The van der Waals surface area contributed by atoms with Crippen LogP contribution in [0.5, 0.6) is 0 Å². The van der Waals surface area contributed by atoms with E-state index in [2.05, 4.69) is 5.32 Å². The Balaban J connectivity index is 1.59. The van der Waals surface area contributed by atoms with Gasteiger partial charge in [0.25, 0.3) is 0 Å². The fourth-order valence-corrected chi connectivity index (χ4v) is 6.57. The molecule has 5 aliphatic carbocycles. The zero-order valence-electron chi connectivity index (χ0n) is 12.8. The van der Waals surface area contributed by atoms with Crippen LogP contribution in [-0.4, -0.2) is 18.2 Å². The lowest BCUT2D eigenvalue weighted by Gasteiger charge is -2.60. The number of hydrogen-bond donors (Lipinski definition) is 1. The van der Waals surface area contributed by atoms with Crippen LogP contribution in [0.2, 0.25) is 0 Å². The van der Waals surface area contributed by atoms with Crippen molar-refractivity contribution >= 4 is 11.7 Å². The second-order valence-electron chi connectivity index (χ2n) is 8.25. The minimum absolute atomic E-state index is 0.0460. The van der Waals surface area contributed by atoms with Crippen molar-refractivity contribution in [1.29, 1.82) is 0 Å². The second-order valence-corrected chi connectivity index (χ2v) is 8.25. The number of hydrogen-bond acceptors (Lipinski definition) is 2. The van der Waals surface area contributed by atoms with E-state index in [1.165, 1.54) is 32.1 Å². The third kappa shape index (κ3) is 1.52. The molecular formula is C19H23NO2. The third-order valence-electron chi connectivity index (χ3n) is 7.35. The molecule has 1 amide bonds. The normalized spacial score (nSPS) is 51.8. The van der Waals surface area contributed by atoms with E-state index in [4.69, 9.17) is 0 Å². The number of ketones is 1. The molecule has 1 aliphatic heterocycles. The number of Topliss-reactive ketones (excluding diaryl/α,β-unsaturated/α-hetero) is 1. The summed E-state index contributed by atoms with van der Waals surface area (Å²) in [5.41, 5.74) is -0.266. The van der Waals surface area contributed by atoms with E-state index in [1.807, 2.05) is 24.3 Å². The smallest absolute Gasteiger partial charge is 0.228 e. The van der Waals surface area contributed by atoms with E-state index in [1.54, 1.807) is 0 Å². The molecule has 6 rings (SSSR count). The number of fused-ring (bicyclic) bond motifs is 1. The summed E-state index contributed by atoms with van der Waals surface area (Å²) >= 11 is 0. The van der Waals surface area contributed by atoms with Crippen molar-refractivity contribution in [3.63, 3.8) is 0 Å². The lowest BCUT2D eigenvalue weighted by atomic mass is 9.43. The van der Waals surface area contributed by atoms with Crippen molar-refractivity contribution in [3.05, 3.63) is 24.3 Å². The lowest BCUT2D eigenvalue weighted by Crippen LogP contribution is -2.60. The van der Waals surface area contributed by atoms with Crippen LogP contribution in [0, 0.1) is 40.9 Å². The molecule has 116 valence electrons. The summed E-state index contributed by atoms with van der Waals surface area (Å²) < 4.78 is 0. The Hall–Kier alpha value is -1.38. The molecule has 0 aromatic heterocycles. The van der Waals surface area contributed by atoms with Gasteiger partial charge in [0.05, 0.1) is 17.3 Å². The lowest BCUT2D eigenvalue weighted by molar-refractivity contribution is -0.158. The summed E-state index contributed by atoms with van der Waals surface area (Å²) in [5, 5.41) is 3.15. The Bertz CT molecular complexity index is 575. The average molecular weight is 297 g/mol. The van der Waals surface area contributed by atoms with Crippen LogP contribution in [0.4, 0.5) is 0 Å². The highest BCUT2D eigenvalue weighted by atomic mass is 16.2. The number of amides is 1. The van der Waals surface area contributed by atoms with Crippen LogP contribution >= 0.6 is 0 Å². The fraction of sp³-hybridized carbons (Fsp3) is 0.684. The first-order chi connectivity index (χ1) is 10.7. The molecule has 1 heterocycles. The molecule has 22 heavy (non-hydrogen) atoms. The van der Waals surface area contributed by atoms with Crippen molar-refractivity contribution in [1.82, 2.24) is 5.32 Å². The van der Waals surface area contributed by atoms with E-state index >= 15 is 0 Å². The Labute approximate surface area is 131 Å².